The second kappa shape index (κ2) is 6.01. The van der Waals surface area contributed by atoms with Crippen molar-refractivity contribution in [3.05, 3.63) is 42.2 Å². The largest absolute Gasteiger partial charge is 0.384 e. The van der Waals surface area contributed by atoms with Gasteiger partial charge in [-0.3, -0.25) is 4.98 Å². The van der Waals surface area contributed by atoms with Crippen molar-refractivity contribution in [3.63, 3.8) is 0 Å². The van der Waals surface area contributed by atoms with E-state index in [4.69, 9.17) is 10.5 Å². The minimum atomic E-state index is 0.563. The van der Waals surface area contributed by atoms with Crippen molar-refractivity contribution in [1.29, 1.82) is 0 Å². The van der Waals surface area contributed by atoms with E-state index in [1.165, 1.54) is 5.56 Å². The summed E-state index contributed by atoms with van der Waals surface area (Å²) in [6.07, 6.45) is 6.87. The second-order valence-corrected chi connectivity index (χ2v) is 5.24. The van der Waals surface area contributed by atoms with Gasteiger partial charge in [0.25, 0.3) is 0 Å². The van der Waals surface area contributed by atoms with Gasteiger partial charge in [0.05, 0.1) is 5.69 Å². The van der Waals surface area contributed by atoms with Crippen LogP contribution in [0.3, 0.4) is 0 Å². The molecular formula is C16H19N3O. The van der Waals surface area contributed by atoms with Crippen LogP contribution in [0.5, 0.6) is 0 Å². The van der Waals surface area contributed by atoms with E-state index >= 15 is 0 Å². The van der Waals surface area contributed by atoms with Crippen molar-refractivity contribution in [2.24, 2.45) is 5.92 Å². The maximum absolute atomic E-state index is 5.85. The highest BCUT2D eigenvalue weighted by Gasteiger charge is 2.17. The van der Waals surface area contributed by atoms with Crippen molar-refractivity contribution in [3.8, 4) is 11.3 Å². The van der Waals surface area contributed by atoms with Gasteiger partial charge < -0.3 is 10.5 Å². The van der Waals surface area contributed by atoms with E-state index in [1.807, 2.05) is 18.2 Å². The molecule has 0 saturated carbocycles. The number of ether oxygens (including phenoxy) is 1. The van der Waals surface area contributed by atoms with E-state index < -0.39 is 0 Å². The van der Waals surface area contributed by atoms with Gasteiger partial charge >= 0.3 is 0 Å². The monoisotopic (exact) mass is 269 g/mol. The van der Waals surface area contributed by atoms with Crippen LogP contribution in [0.4, 0.5) is 5.82 Å². The number of anilines is 1. The van der Waals surface area contributed by atoms with Gasteiger partial charge in [-0.1, -0.05) is 6.07 Å². The minimum absolute atomic E-state index is 0.563. The van der Waals surface area contributed by atoms with Gasteiger partial charge in [-0.15, -0.1) is 0 Å². The summed E-state index contributed by atoms with van der Waals surface area (Å²) in [7, 11) is 0. The standard InChI is InChI=1S/C16H19N3O/c17-15-2-1-14(11-12-5-9-20-10-6-12)16(19-15)13-3-7-18-8-4-13/h1-4,7-8,12H,5-6,9-11H2,(H2,17,19). The molecule has 1 saturated heterocycles. The molecule has 1 aliphatic rings. The molecule has 104 valence electrons. The third-order valence-corrected chi connectivity index (χ3v) is 3.80. The van der Waals surface area contributed by atoms with E-state index in [0.717, 1.165) is 43.7 Å². The summed E-state index contributed by atoms with van der Waals surface area (Å²) in [5, 5.41) is 0. The molecule has 0 bridgehead atoms. The van der Waals surface area contributed by atoms with E-state index in [1.54, 1.807) is 12.4 Å². The molecule has 4 nitrogen and oxygen atoms in total. The molecule has 0 amide bonds. The average molecular weight is 269 g/mol. The molecule has 0 atom stereocenters. The summed E-state index contributed by atoms with van der Waals surface area (Å²) in [5.41, 5.74) is 9.18. The molecule has 0 radical (unpaired) electrons. The third-order valence-electron chi connectivity index (χ3n) is 3.80. The van der Waals surface area contributed by atoms with Gasteiger partial charge in [0.15, 0.2) is 0 Å². The van der Waals surface area contributed by atoms with Crippen molar-refractivity contribution >= 4 is 5.82 Å². The molecule has 20 heavy (non-hydrogen) atoms. The number of nitrogen functional groups attached to an aromatic ring is 1. The van der Waals surface area contributed by atoms with Crippen LogP contribution in [-0.2, 0) is 11.2 Å². The number of aromatic nitrogens is 2. The molecule has 2 aromatic rings. The third kappa shape index (κ3) is 2.96. The SMILES string of the molecule is Nc1ccc(CC2CCOCC2)c(-c2ccncc2)n1. The molecule has 3 heterocycles. The molecule has 4 heteroatoms. The summed E-state index contributed by atoms with van der Waals surface area (Å²) >= 11 is 0. The normalized spacial score (nSPS) is 16.2. The predicted octanol–water partition coefficient (Wildman–Crippen LogP) is 2.69. The Morgan fingerprint density at radius 3 is 2.60 bits per heavy atom. The lowest BCUT2D eigenvalue weighted by atomic mass is 9.90. The van der Waals surface area contributed by atoms with Crippen LogP contribution < -0.4 is 5.73 Å². The zero-order valence-corrected chi connectivity index (χ0v) is 11.5. The van der Waals surface area contributed by atoms with Crippen LogP contribution in [0.1, 0.15) is 18.4 Å². The maximum Gasteiger partial charge on any atom is 0.124 e. The summed E-state index contributed by atoms with van der Waals surface area (Å²) in [6, 6.07) is 7.96. The fourth-order valence-electron chi connectivity index (χ4n) is 2.69. The zero-order chi connectivity index (χ0) is 13.8. The Labute approximate surface area is 119 Å². The number of nitrogens with zero attached hydrogens (tertiary/aromatic N) is 2. The highest BCUT2D eigenvalue weighted by Crippen LogP contribution is 2.27. The van der Waals surface area contributed by atoms with Gasteiger partial charge in [-0.2, -0.15) is 0 Å². The quantitative estimate of drug-likeness (QED) is 0.930. The fourth-order valence-corrected chi connectivity index (χ4v) is 2.69. The molecule has 2 N–H and O–H groups in total. The van der Waals surface area contributed by atoms with Crippen LogP contribution >= 0.6 is 0 Å². The van der Waals surface area contributed by atoms with Crippen molar-refractivity contribution in [2.45, 2.75) is 19.3 Å². The van der Waals surface area contributed by atoms with Crippen LogP contribution in [-0.4, -0.2) is 23.2 Å². The van der Waals surface area contributed by atoms with E-state index in [9.17, 15) is 0 Å². The summed E-state index contributed by atoms with van der Waals surface area (Å²) in [4.78, 5) is 8.59. The molecule has 0 spiro atoms. The molecule has 2 aromatic heterocycles. The lowest BCUT2D eigenvalue weighted by molar-refractivity contribution is 0.0665. The topological polar surface area (TPSA) is 61.0 Å². The van der Waals surface area contributed by atoms with E-state index in [2.05, 4.69) is 16.0 Å². The van der Waals surface area contributed by atoms with Gasteiger partial charge in [0.1, 0.15) is 5.82 Å². The molecule has 3 rings (SSSR count). The first-order valence-corrected chi connectivity index (χ1v) is 7.06. The van der Waals surface area contributed by atoms with Crippen molar-refractivity contribution < 1.29 is 4.74 Å². The highest BCUT2D eigenvalue weighted by atomic mass is 16.5. The van der Waals surface area contributed by atoms with Crippen molar-refractivity contribution in [1.82, 2.24) is 9.97 Å². The zero-order valence-electron chi connectivity index (χ0n) is 11.5. The molecule has 0 aliphatic carbocycles. The van der Waals surface area contributed by atoms with Gasteiger partial charge in [-0.25, -0.2) is 4.98 Å². The Bertz CT molecular complexity index is 565. The first-order valence-electron chi connectivity index (χ1n) is 7.06. The smallest absolute Gasteiger partial charge is 0.124 e. The van der Waals surface area contributed by atoms with E-state index in [0.29, 0.717) is 11.7 Å². The number of nitrogens with two attached hydrogens (primary N) is 1. The Morgan fingerprint density at radius 2 is 1.85 bits per heavy atom. The molecule has 0 unspecified atom stereocenters. The average Bonchev–Trinajstić information content (AvgIpc) is 2.51. The highest BCUT2D eigenvalue weighted by molar-refractivity contribution is 5.64. The second-order valence-electron chi connectivity index (χ2n) is 5.24. The minimum Gasteiger partial charge on any atom is -0.384 e. The van der Waals surface area contributed by atoms with Crippen LogP contribution in [0.15, 0.2) is 36.7 Å². The Balaban J connectivity index is 1.90. The van der Waals surface area contributed by atoms with E-state index in [-0.39, 0.29) is 0 Å². The Kier molecular flexibility index (Phi) is 3.92. The molecule has 1 aliphatic heterocycles. The Hall–Kier alpha value is -1.94. The van der Waals surface area contributed by atoms with Crippen molar-refractivity contribution in [2.75, 3.05) is 18.9 Å². The van der Waals surface area contributed by atoms with Crippen LogP contribution in [0, 0.1) is 5.92 Å². The first kappa shape index (κ1) is 13.1. The fraction of sp³-hybridized carbons (Fsp3) is 0.375. The predicted molar refractivity (Wildman–Crippen MR) is 79.1 cm³/mol. The summed E-state index contributed by atoms with van der Waals surface area (Å²) in [5.74, 6) is 1.24. The maximum atomic E-state index is 5.85. The first-order chi connectivity index (χ1) is 9.83. The number of pyridine rings is 2. The summed E-state index contributed by atoms with van der Waals surface area (Å²) < 4.78 is 5.43. The molecular weight excluding hydrogens is 250 g/mol. The van der Waals surface area contributed by atoms with Gasteiger partial charge in [-0.05, 0) is 48.9 Å². The number of hydrogen-bond donors (Lipinski definition) is 1. The van der Waals surface area contributed by atoms with Crippen LogP contribution in [0.25, 0.3) is 11.3 Å². The van der Waals surface area contributed by atoms with Gasteiger partial charge in [0, 0.05) is 31.2 Å². The lowest BCUT2D eigenvalue weighted by Crippen LogP contribution is -2.18. The Morgan fingerprint density at radius 1 is 1.10 bits per heavy atom. The van der Waals surface area contributed by atoms with Crippen LogP contribution in [0.2, 0.25) is 0 Å². The number of rotatable bonds is 3. The molecule has 0 aromatic carbocycles. The van der Waals surface area contributed by atoms with Gasteiger partial charge in [0.2, 0.25) is 0 Å². The lowest BCUT2D eigenvalue weighted by Gasteiger charge is -2.23. The molecule has 1 fully saturated rings. The number of hydrogen-bond acceptors (Lipinski definition) is 4. The summed E-state index contributed by atoms with van der Waals surface area (Å²) in [6.45, 7) is 1.75.